The molecule has 0 saturated carbocycles. The largest absolute Gasteiger partial charge is 0.439 e. The molecule has 1 N–H and O–H groups in total. The average molecular weight is 532 g/mol. The van der Waals surface area contributed by atoms with Crippen molar-refractivity contribution in [3.05, 3.63) is 96.7 Å². The van der Waals surface area contributed by atoms with Crippen molar-refractivity contribution in [2.45, 2.75) is 25.2 Å². The third kappa shape index (κ3) is 6.36. The number of ether oxygens (including phenoxy) is 1. The molecule has 0 aliphatic carbocycles. The molecule has 0 aliphatic heterocycles. The fraction of sp³-hybridized carbons (Fsp3) is 0.207. The Hall–Kier alpha value is -4.24. The van der Waals surface area contributed by atoms with Crippen LogP contribution < -0.4 is 9.46 Å². The number of hydrogen-bond donors (Lipinski definition) is 1. The summed E-state index contributed by atoms with van der Waals surface area (Å²) in [7, 11) is -4.20. The van der Waals surface area contributed by atoms with E-state index in [0.29, 0.717) is 30.3 Å². The second kappa shape index (κ2) is 11.9. The molecular weight excluding hydrogens is 502 g/mol. The maximum absolute atomic E-state index is 13.3. The Balaban J connectivity index is 1.55. The molecule has 0 bridgehead atoms. The van der Waals surface area contributed by atoms with Gasteiger partial charge in [-0.25, -0.2) is 18.1 Å². The standard InChI is InChI=1S/C29H29N3O5S/c1-3-32(4-2)29(34)26(19-21-12-15-24(16-13-21)37-27-11-7-8-18-30-27)28(33)31-38(35,36)25-17-14-22-9-5-6-10-23(22)20-25/h5-18,20,26H,3-4,19H2,1-2H3,(H,31,33). The minimum Gasteiger partial charge on any atom is -0.439 e. The summed E-state index contributed by atoms with van der Waals surface area (Å²) in [6, 6.07) is 24.2. The maximum atomic E-state index is 13.3. The van der Waals surface area contributed by atoms with Crippen molar-refractivity contribution in [3.63, 3.8) is 0 Å². The molecule has 0 aliphatic rings. The van der Waals surface area contributed by atoms with Crippen LogP contribution in [0.5, 0.6) is 11.6 Å². The monoisotopic (exact) mass is 531 g/mol. The van der Waals surface area contributed by atoms with E-state index in [2.05, 4.69) is 9.71 Å². The molecule has 8 nitrogen and oxygen atoms in total. The van der Waals surface area contributed by atoms with Crippen molar-refractivity contribution in [1.82, 2.24) is 14.6 Å². The summed E-state index contributed by atoms with van der Waals surface area (Å²) >= 11 is 0. The van der Waals surface area contributed by atoms with E-state index in [9.17, 15) is 18.0 Å². The second-order valence-corrected chi connectivity index (χ2v) is 10.3. The number of rotatable bonds is 10. The number of nitrogens with zero attached hydrogens (tertiary/aromatic N) is 2. The SMILES string of the molecule is CCN(CC)C(=O)C(Cc1ccc(Oc2ccccn2)cc1)C(=O)NS(=O)(=O)c1ccc2ccccc2c1. The quantitative estimate of drug-likeness (QED) is 0.301. The van der Waals surface area contributed by atoms with Gasteiger partial charge in [-0.2, -0.15) is 0 Å². The highest BCUT2D eigenvalue weighted by Gasteiger charge is 2.33. The third-order valence-corrected chi connectivity index (χ3v) is 7.52. The Morgan fingerprint density at radius 1 is 0.895 bits per heavy atom. The molecule has 4 rings (SSSR count). The summed E-state index contributed by atoms with van der Waals surface area (Å²) in [6.45, 7) is 4.42. The van der Waals surface area contributed by atoms with Gasteiger partial charge < -0.3 is 9.64 Å². The van der Waals surface area contributed by atoms with Crippen LogP contribution in [0.25, 0.3) is 10.8 Å². The molecule has 0 saturated heterocycles. The van der Waals surface area contributed by atoms with Crippen LogP contribution >= 0.6 is 0 Å². The van der Waals surface area contributed by atoms with Gasteiger partial charge >= 0.3 is 0 Å². The van der Waals surface area contributed by atoms with Gasteiger partial charge in [-0.15, -0.1) is 0 Å². The van der Waals surface area contributed by atoms with Crippen molar-refractivity contribution >= 4 is 32.6 Å². The second-order valence-electron chi connectivity index (χ2n) is 8.66. The number of sulfonamides is 1. The summed E-state index contributed by atoms with van der Waals surface area (Å²) in [5.41, 5.74) is 0.683. The van der Waals surface area contributed by atoms with Crippen LogP contribution in [0, 0.1) is 5.92 Å². The normalized spacial score (nSPS) is 12.1. The molecule has 0 radical (unpaired) electrons. The number of hydrogen-bond acceptors (Lipinski definition) is 6. The Morgan fingerprint density at radius 3 is 2.24 bits per heavy atom. The lowest BCUT2D eigenvalue weighted by Gasteiger charge is -2.24. The van der Waals surface area contributed by atoms with Gasteiger partial charge in [0.2, 0.25) is 17.7 Å². The molecule has 2 amide bonds. The predicted molar refractivity (Wildman–Crippen MR) is 145 cm³/mol. The molecule has 1 unspecified atom stereocenters. The van der Waals surface area contributed by atoms with Gasteiger partial charge in [-0.3, -0.25) is 9.59 Å². The van der Waals surface area contributed by atoms with Crippen molar-refractivity contribution in [1.29, 1.82) is 0 Å². The summed E-state index contributed by atoms with van der Waals surface area (Å²) < 4.78 is 34.1. The van der Waals surface area contributed by atoms with Crippen LogP contribution in [-0.2, 0) is 26.0 Å². The van der Waals surface area contributed by atoms with Gasteiger partial charge in [0.25, 0.3) is 10.0 Å². The molecule has 1 heterocycles. The smallest absolute Gasteiger partial charge is 0.264 e. The van der Waals surface area contributed by atoms with Crippen molar-refractivity contribution in [2.75, 3.05) is 13.1 Å². The highest BCUT2D eigenvalue weighted by Crippen LogP contribution is 2.23. The van der Waals surface area contributed by atoms with Crippen LogP contribution in [0.1, 0.15) is 19.4 Å². The van der Waals surface area contributed by atoms with Gasteiger partial charge in [-0.1, -0.05) is 48.5 Å². The Labute approximate surface area is 222 Å². The molecule has 1 atom stereocenters. The van der Waals surface area contributed by atoms with Crippen LogP contribution in [0.3, 0.4) is 0 Å². The summed E-state index contributed by atoms with van der Waals surface area (Å²) in [5, 5.41) is 1.61. The number of amides is 2. The summed E-state index contributed by atoms with van der Waals surface area (Å²) in [6.07, 6.45) is 1.65. The van der Waals surface area contributed by atoms with Crippen LogP contribution in [0.2, 0.25) is 0 Å². The van der Waals surface area contributed by atoms with E-state index in [0.717, 1.165) is 10.8 Å². The van der Waals surface area contributed by atoms with Crippen LogP contribution in [0.4, 0.5) is 0 Å². The number of nitrogens with one attached hydrogen (secondary N) is 1. The molecular formula is C29H29N3O5S. The minimum absolute atomic E-state index is 0.0261. The van der Waals surface area contributed by atoms with Gasteiger partial charge in [-0.05, 0) is 66.9 Å². The molecule has 0 spiro atoms. The first kappa shape index (κ1) is 26.8. The predicted octanol–water partition coefficient (Wildman–Crippen LogP) is 4.56. The average Bonchev–Trinajstić information content (AvgIpc) is 2.93. The Kier molecular flexibility index (Phi) is 8.38. The number of fused-ring (bicyclic) bond motifs is 1. The lowest BCUT2D eigenvalue weighted by Crippen LogP contribution is -2.46. The molecule has 38 heavy (non-hydrogen) atoms. The Morgan fingerprint density at radius 2 is 1.58 bits per heavy atom. The maximum Gasteiger partial charge on any atom is 0.264 e. The first-order valence-corrected chi connectivity index (χ1v) is 13.8. The van der Waals surface area contributed by atoms with E-state index in [4.69, 9.17) is 4.74 Å². The fourth-order valence-corrected chi connectivity index (χ4v) is 5.16. The molecule has 4 aromatic rings. The zero-order chi connectivity index (χ0) is 27.1. The van der Waals surface area contributed by atoms with Gasteiger partial charge in [0.05, 0.1) is 4.90 Å². The molecule has 1 aromatic heterocycles. The van der Waals surface area contributed by atoms with E-state index >= 15 is 0 Å². The summed E-state index contributed by atoms with van der Waals surface area (Å²) in [5.74, 6) is -1.55. The first-order chi connectivity index (χ1) is 18.3. The number of carbonyl (C=O) groups excluding carboxylic acids is 2. The number of pyridine rings is 1. The zero-order valence-electron chi connectivity index (χ0n) is 21.2. The van der Waals surface area contributed by atoms with Gasteiger partial charge in [0.15, 0.2) is 0 Å². The minimum atomic E-state index is -4.20. The van der Waals surface area contributed by atoms with E-state index in [1.165, 1.54) is 17.0 Å². The molecule has 196 valence electrons. The molecule has 0 fully saturated rings. The first-order valence-electron chi connectivity index (χ1n) is 12.3. The highest BCUT2D eigenvalue weighted by atomic mass is 32.2. The highest BCUT2D eigenvalue weighted by molar-refractivity contribution is 7.90. The van der Waals surface area contributed by atoms with E-state index in [1.54, 1.807) is 54.7 Å². The zero-order valence-corrected chi connectivity index (χ0v) is 22.0. The van der Waals surface area contributed by atoms with Crippen molar-refractivity contribution in [2.24, 2.45) is 5.92 Å². The fourth-order valence-electron chi connectivity index (χ4n) is 4.10. The number of aromatic nitrogens is 1. The molecule has 9 heteroatoms. The Bertz CT molecular complexity index is 1520. The van der Waals surface area contributed by atoms with E-state index in [1.807, 2.05) is 38.1 Å². The van der Waals surface area contributed by atoms with E-state index < -0.39 is 27.8 Å². The molecule has 3 aromatic carbocycles. The van der Waals surface area contributed by atoms with Crippen LogP contribution in [0.15, 0.2) is 96.0 Å². The number of benzene rings is 3. The van der Waals surface area contributed by atoms with Gasteiger partial charge in [0, 0.05) is 25.4 Å². The van der Waals surface area contributed by atoms with Crippen molar-refractivity contribution < 1.29 is 22.7 Å². The van der Waals surface area contributed by atoms with Crippen LogP contribution in [-0.4, -0.2) is 43.2 Å². The summed E-state index contributed by atoms with van der Waals surface area (Å²) in [4.78, 5) is 32.2. The van der Waals surface area contributed by atoms with Gasteiger partial charge in [0.1, 0.15) is 11.7 Å². The number of carbonyl (C=O) groups is 2. The topological polar surface area (TPSA) is 106 Å². The third-order valence-electron chi connectivity index (χ3n) is 6.18. The van der Waals surface area contributed by atoms with Crippen molar-refractivity contribution in [3.8, 4) is 11.6 Å². The lowest BCUT2D eigenvalue weighted by atomic mass is 9.97. The lowest BCUT2D eigenvalue weighted by molar-refractivity contribution is -0.141. The van der Waals surface area contributed by atoms with E-state index in [-0.39, 0.29) is 11.3 Å².